The fourth-order valence-electron chi connectivity index (χ4n) is 1.81. The fourth-order valence-corrected chi connectivity index (χ4v) is 1.81. The van der Waals surface area contributed by atoms with Crippen molar-refractivity contribution in [3.05, 3.63) is 0 Å². The first-order valence-electron chi connectivity index (χ1n) is 5.48. The maximum atomic E-state index is 11.7. The molecule has 0 aliphatic carbocycles. The predicted octanol–water partition coefficient (Wildman–Crippen LogP) is -1.48. The van der Waals surface area contributed by atoms with E-state index in [4.69, 9.17) is 10.0 Å². The molecule has 0 spiro atoms. The van der Waals surface area contributed by atoms with Gasteiger partial charge in [0.2, 0.25) is 11.8 Å². The van der Waals surface area contributed by atoms with Crippen molar-refractivity contribution < 1.29 is 19.6 Å². The third-order valence-electron chi connectivity index (χ3n) is 2.72. The summed E-state index contributed by atoms with van der Waals surface area (Å²) < 4.78 is 0. The monoisotopic (exact) mass is 228 g/mol. The van der Waals surface area contributed by atoms with Gasteiger partial charge in [0.05, 0.1) is 12.5 Å². The van der Waals surface area contributed by atoms with Crippen molar-refractivity contribution in [2.75, 3.05) is 13.1 Å². The summed E-state index contributed by atoms with van der Waals surface area (Å²) >= 11 is 0. The first kappa shape index (κ1) is 13.0. The molecule has 0 aromatic carbocycles. The van der Waals surface area contributed by atoms with Crippen LogP contribution in [0.5, 0.6) is 0 Å². The molecule has 0 radical (unpaired) electrons. The number of nitrogens with zero attached hydrogens (tertiary/aromatic N) is 1. The summed E-state index contributed by atoms with van der Waals surface area (Å²) in [4.78, 5) is 24.1. The predicted molar refractivity (Wildman–Crippen MR) is 58.2 cm³/mol. The molecule has 7 heteroatoms. The molecule has 16 heavy (non-hydrogen) atoms. The molecule has 1 fully saturated rings. The quantitative estimate of drug-likeness (QED) is 0.511. The van der Waals surface area contributed by atoms with Gasteiger partial charge in [-0.3, -0.25) is 9.59 Å². The number of carbonyl (C=O) groups excluding carboxylic acids is 2. The highest BCUT2D eigenvalue weighted by molar-refractivity contribution is 6.43. The zero-order valence-corrected chi connectivity index (χ0v) is 9.35. The third-order valence-corrected chi connectivity index (χ3v) is 2.72. The number of hydrogen-bond donors (Lipinski definition) is 3. The third kappa shape index (κ3) is 3.21. The lowest BCUT2D eigenvalue weighted by molar-refractivity contribution is -0.132. The molecule has 2 amide bonds. The molecule has 1 aliphatic heterocycles. The molecule has 1 aliphatic rings. The first-order valence-corrected chi connectivity index (χ1v) is 5.48. The molecule has 1 unspecified atom stereocenters. The van der Waals surface area contributed by atoms with Gasteiger partial charge in [0.25, 0.3) is 0 Å². The Bertz CT molecular complexity index is 272. The van der Waals surface area contributed by atoms with E-state index >= 15 is 0 Å². The highest BCUT2D eigenvalue weighted by Crippen LogP contribution is 2.17. The van der Waals surface area contributed by atoms with Crippen LogP contribution in [0.25, 0.3) is 0 Å². The average molecular weight is 228 g/mol. The van der Waals surface area contributed by atoms with Gasteiger partial charge in [0.1, 0.15) is 0 Å². The van der Waals surface area contributed by atoms with E-state index in [-0.39, 0.29) is 18.4 Å². The van der Waals surface area contributed by atoms with Gasteiger partial charge in [-0.15, -0.1) is 0 Å². The minimum absolute atomic E-state index is 0.0735. The second-order valence-corrected chi connectivity index (χ2v) is 3.84. The highest BCUT2D eigenvalue weighted by atomic mass is 16.4. The van der Waals surface area contributed by atoms with Crippen molar-refractivity contribution in [2.24, 2.45) is 0 Å². The molecule has 6 nitrogen and oxygen atoms in total. The smallest absolute Gasteiger partial charge is 0.426 e. The normalized spacial score (nSPS) is 19.7. The number of carbonyl (C=O) groups is 2. The van der Waals surface area contributed by atoms with Crippen LogP contribution in [0.1, 0.15) is 26.2 Å². The van der Waals surface area contributed by atoms with Crippen molar-refractivity contribution in [2.45, 2.75) is 32.1 Å². The van der Waals surface area contributed by atoms with E-state index in [1.165, 1.54) is 4.90 Å². The molecule has 0 aromatic heterocycles. The minimum atomic E-state index is -1.51. The van der Waals surface area contributed by atoms with E-state index in [1.54, 1.807) is 6.92 Å². The van der Waals surface area contributed by atoms with Gasteiger partial charge in [-0.2, -0.15) is 0 Å². The van der Waals surface area contributed by atoms with Gasteiger partial charge < -0.3 is 20.3 Å². The van der Waals surface area contributed by atoms with Gasteiger partial charge in [-0.1, -0.05) is 6.92 Å². The van der Waals surface area contributed by atoms with Crippen LogP contribution < -0.4 is 5.32 Å². The molecule has 0 bridgehead atoms. The van der Waals surface area contributed by atoms with E-state index in [0.717, 1.165) is 6.42 Å². The van der Waals surface area contributed by atoms with Crippen LogP contribution in [-0.4, -0.2) is 52.9 Å². The zero-order chi connectivity index (χ0) is 12.1. The van der Waals surface area contributed by atoms with Gasteiger partial charge in [-0.05, 0) is 12.8 Å². The van der Waals surface area contributed by atoms with Crippen LogP contribution in [0, 0.1) is 0 Å². The lowest BCUT2D eigenvalue weighted by atomic mass is 9.78. The maximum absolute atomic E-state index is 11.7. The minimum Gasteiger partial charge on any atom is -0.426 e. The summed E-state index contributed by atoms with van der Waals surface area (Å²) in [5, 5.41) is 20.6. The zero-order valence-electron chi connectivity index (χ0n) is 9.35. The molecule has 0 saturated carbocycles. The van der Waals surface area contributed by atoms with Crippen LogP contribution >= 0.6 is 0 Å². The Labute approximate surface area is 94.8 Å². The lowest BCUT2D eigenvalue weighted by Crippen LogP contribution is -2.48. The second kappa shape index (κ2) is 5.86. The van der Waals surface area contributed by atoms with Gasteiger partial charge in [0.15, 0.2) is 0 Å². The number of amides is 2. The average Bonchev–Trinajstić information content (AvgIpc) is 2.74. The summed E-state index contributed by atoms with van der Waals surface area (Å²) in [5.74, 6) is -0.989. The van der Waals surface area contributed by atoms with Crippen molar-refractivity contribution in [3.63, 3.8) is 0 Å². The summed E-state index contributed by atoms with van der Waals surface area (Å²) in [7, 11) is -1.51. The van der Waals surface area contributed by atoms with Crippen LogP contribution in [0.3, 0.4) is 0 Å². The Morgan fingerprint density at radius 2 is 2.19 bits per heavy atom. The Balaban J connectivity index is 2.44. The molecular weight excluding hydrogens is 211 g/mol. The number of hydrogen-bond acceptors (Lipinski definition) is 4. The molecule has 0 aromatic rings. The highest BCUT2D eigenvalue weighted by Gasteiger charge is 2.36. The molecule has 90 valence electrons. The Morgan fingerprint density at radius 3 is 2.75 bits per heavy atom. The van der Waals surface area contributed by atoms with Gasteiger partial charge >= 0.3 is 7.12 Å². The van der Waals surface area contributed by atoms with E-state index in [2.05, 4.69) is 5.32 Å². The van der Waals surface area contributed by atoms with Crippen LogP contribution in [0.4, 0.5) is 0 Å². The second-order valence-electron chi connectivity index (χ2n) is 3.84. The van der Waals surface area contributed by atoms with E-state index in [1.807, 2.05) is 0 Å². The summed E-state index contributed by atoms with van der Waals surface area (Å²) in [6.45, 7) is 2.15. The van der Waals surface area contributed by atoms with E-state index < -0.39 is 13.1 Å². The standard InChI is InChI=1S/C9H17BN2O4/c1-2-8(13)11-6-9(14)12-5-3-4-7(12)10(15)16/h7,15-16H,2-6H2,1H3,(H,11,13). The van der Waals surface area contributed by atoms with E-state index in [0.29, 0.717) is 19.4 Å². The molecular formula is C9H17BN2O4. The van der Waals surface area contributed by atoms with Crippen molar-refractivity contribution in [1.82, 2.24) is 10.2 Å². The number of nitrogens with one attached hydrogen (secondary N) is 1. The summed E-state index contributed by atoms with van der Waals surface area (Å²) in [5.41, 5.74) is 0. The summed E-state index contributed by atoms with van der Waals surface area (Å²) in [6, 6.07) is 0. The summed E-state index contributed by atoms with van der Waals surface area (Å²) in [6.07, 6.45) is 1.68. The fraction of sp³-hybridized carbons (Fsp3) is 0.778. The van der Waals surface area contributed by atoms with E-state index in [9.17, 15) is 9.59 Å². The Morgan fingerprint density at radius 1 is 1.50 bits per heavy atom. The van der Waals surface area contributed by atoms with Crippen LogP contribution in [0.2, 0.25) is 0 Å². The maximum Gasteiger partial charge on any atom is 0.475 e. The molecule has 3 N–H and O–H groups in total. The van der Waals surface area contributed by atoms with Crippen molar-refractivity contribution in [3.8, 4) is 0 Å². The molecule has 1 heterocycles. The number of likely N-dealkylation sites (tertiary alicyclic amines) is 1. The topological polar surface area (TPSA) is 89.9 Å². The van der Waals surface area contributed by atoms with Crippen LogP contribution in [0.15, 0.2) is 0 Å². The molecule has 1 rings (SSSR count). The van der Waals surface area contributed by atoms with Crippen LogP contribution in [-0.2, 0) is 9.59 Å². The Kier molecular flexibility index (Phi) is 4.76. The van der Waals surface area contributed by atoms with Gasteiger partial charge in [-0.25, -0.2) is 0 Å². The first-order chi connectivity index (χ1) is 7.56. The van der Waals surface area contributed by atoms with Crippen molar-refractivity contribution >= 4 is 18.9 Å². The molecule has 1 atom stereocenters. The Hall–Kier alpha value is -1.08. The molecule has 1 saturated heterocycles. The largest absolute Gasteiger partial charge is 0.475 e. The van der Waals surface area contributed by atoms with Crippen molar-refractivity contribution in [1.29, 1.82) is 0 Å². The van der Waals surface area contributed by atoms with Gasteiger partial charge in [0, 0.05) is 13.0 Å². The lowest BCUT2D eigenvalue weighted by Gasteiger charge is -2.24. The number of rotatable bonds is 4. The SMILES string of the molecule is CCC(=O)NCC(=O)N1CCCC1B(O)O.